The number of methoxy groups -OCH3 is 1. The van der Waals surface area contributed by atoms with Gasteiger partial charge in [0.25, 0.3) is 0 Å². The van der Waals surface area contributed by atoms with Crippen LogP contribution in [0.5, 0.6) is 5.75 Å². The summed E-state index contributed by atoms with van der Waals surface area (Å²) < 4.78 is 8.85. The van der Waals surface area contributed by atoms with Crippen molar-refractivity contribution in [2.24, 2.45) is 0 Å². The molecule has 0 atom stereocenters. The van der Waals surface area contributed by atoms with Crippen molar-refractivity contribution in [2.45, 2.75) is 10.4 Å². The number of hydrogen-bond acceptors (Lipinski definition) is 4. The molecule has 5 nitrogen and oxygen atoms in total. The van der Waals surface area contributed by atoms with E-state index in [0.717, 1.165) is 10.6 Å². The maximum atomic E-state index is 12.4. The second kappa shape index (κ2) is 9.04. The molecule has 0 aliphatic carbocycles. The van der Waals surface area contributed by atoms with Crippen molar-refractivity contribution in [3.8, 4) is 5.75 Å². The largest absolute Gasteiger partial charge is 0.495 e. The lowest BCUT2D eigenvalue weighted by Crippen LogP contribution is -2.42. The van der Waals surface area contributed by atoms with Gasteiger partial charge >= 0.3 is 6.09 Å². The topological polar surface area (TPSA) is 50.8 Å². The Morgan fingerprint density at radius 3 is 2.36 bits per heavy atom. The molecule has 0 radical (unpaired) electrons. The van der Waals surface area contributed by atoms with Gasteiger partial charge in [0.15, 0.2) is 0 Å². The summed E-state index contributed by atoms with van der Waals surface area (Å²) in [7, 11) is 1.52. The van der Waals surface area contributed by atoms with Crippen LogP contribution in [-0.2, 0) is 11.3 Å². The van der Waals surface area contributed by atoms with E-state index < -0.39 is 9.89 Å². The molecule has 1 N–H and O–H groups in total. The quantitative estimate of drug-likeness (QED) is 0.543. The van der Waals surface area contributed by atoms with Gasteiger partial charge in [0.2, 0.25) is 3.79 Å². The van der Waals surface area contributed by atoms with Crippen LogP contribution in [0.15, 0.2) is 54.6 Å². The Labute approximate surface area is 161 Å². The van der Waals surface area contributed by atoms with Gasteiger partial charge < -0.3 is 9.47 Å². The molecule has 0 spiro atoms. The van der Waals surface area contributed by atoms with Crippen LogP contribution in [0.3, 0.4) is 0 Å². The van der Waals surface area contributed by atoms with E-state index in [1.807, 2.05) is 30.3 Å². The van der Waals surface area contributed by atoms with E-state index in [-0.39, 0.29) is 13.2 Å². The Hall–Kier alpha value is -1.82. The van der Waals surface area contributed by atoms with Crippen molar-refractivity contribution in [1.82, 2.24) is 5.01 Å². The van der Waals surface area contributed by atoms with Crippen LogP contribution in [0.2, 0.25) is 0 Å². The smallest absolute Gasteiger partial charge is 0.429 e. The van der Waals surface area contributed by atoms with E-state index in [1.54, 1.807) is 24.3 Å². The lowest BCUT2D eigenvalue weighted by Gasteiger charge is -2.27. The Balaban J connectivity index is 2.10. The molecule has 0 fully saturated rings. The standard InChI is InChI=1S/C17H17Cl3N2O3/c1-24-15-10-6-5-9-14(15)21-22(12-17(18,19)20)16(23)25-11-13-7-3-2-4-8-13/h2-10,21H,11-12H2,1H3. The molecule has 0 saturated carbocycles. The molecular formula is C17H17Cl3N2O3. The number of alkyl halides is 3. The first kappa shape index (κ1) is 19.5. The number of nitrogens with one attached hydrogen (secondary N) is 1. The monoisotopic (exact) mass is 402 g/mol. The fraction of sp³-hybridized carbons (Fsp3) is 0.235. The van der Waals surface area contributed by atoms with Gasteiger partial charge in [0.1, 0.15) is 12.4 Å². The van der Waals surface area contributed by atoms with Crippen molar-refractivity contribution in [2.75, 3.05) is 19.1 Å². The number of amides is 1. The maximum Gasteiger partial charge on any atom is 0.429 e. The summed E-state index contributed by atoms with van der Waals surface area (Å²) in [5, 5.41) is 1.09. The number of halogens is 3. The van der Waals surface area contributed by atoms with Crippen LogP contribution in [0.1, 0.15) is 5.56 Å². The Morgan fingerprint density at radius 2 is 1.72 bits per heavy atom. The zero-order chi connectivity index (χ0) is 18.3. The average molecular weight is 404 g/mol. The van der Waals surface area contributed by atoms with E-state index in [4.69, 9.17) is 44.3 Å². The van der Waals surface area contributed by atoms with Gasteiger partial charge in [-0.15, -0.1) is 0 Å². The number of hydrogen-bond donors (Lipinski definition) is 1. The highest BCUT2D eigenvalue weighted by Crippen LogP contribution is 2.29. The molecule has 0 saturated heterocycles. The second-order valence-corrected chi connectivity index (χ2v) is 7.57. The minimum absolute atomic E-state index is 0.101. The first-order valence-electron chi connectivity index (χ1n) is 7.33. The molecule has 0 unspecified atom stereocenters. The van der Waals surface area contributed by atoms with Crippen LogP contribution in [-0.4, -0.2) is 28.5 Å². The Bertz CT molecular complexity index is 693. The van der Waals surface area contributed by atoms with Gasteiger partial charge in [-0.05, 0) is 17.7 Å². The highest BCUT2D eigenvalue weighted by Gasteiger charge is 2.29. The molecule has 25 heavy (non-hydrogen) atoms. The molecule has 2 aromatic carbocycles. The highest BCUT2D eigenvalue weighted by atomic mass is 35.6. The SMILES string of the molecule is COc1ccccc1NN(CC(Cl)(Cl)Cl)C(=O)OCc1ccccc1. The third-order valence-corrected chi connectivity index (χ3v) is 3.48. The number of hydrazine groups is 1. The molecule has 0 aliphatic rings. The van der Waals surface area contributed by atoms with Gasteiger partial charge in [-0.2, -0.15) is 0 Å². The number of benzene rings is 2. The van der Waals surface area contributed by atoms with Crippen LogP contribution in [0.4, 0.5) is 10.5 Å². The number of carbonyl (C=O) groups is 1. The van der Waals surface area contributed by atoms with Gasteiger partial charge in [0, 0.05) is 0 Å². The fourth-order valence-corrected chi connectivity index (χ4v) is 2.37. The van der Waals surface area contributed by atoms with Crippen LogP contribution in [0.25, 0.3) is 0 Å². The number of ether oxygens (including phenoxy) is 2. The number of para-hydroxylation sites is 2. The number of carbonyl (C=O) groups excluding carboxylic acids is 1. The fourth-order valence-electron chi connectivity index (χ4n) is 2.01. The van der Waals surface area contributed by atoms with Gasteiger partial charge in [0.05, 0.1) is 19.3 Å². The van der Waals surface area contributed by atoms with Crippen molar-refractivity contribution in [3.63, 3.8) is 0 Å². The lowest BCUT2D eigenvalue weighted by atomic mass is 10.2. The van der Waals surface area contributed by atoms with E-state index >= 15 is 0 Å². The van der Waals surface area contributed by atoms with Gasteiger partial charge in [-0.25, -0.2) is 9.80 Å². The Morgan fingerprint density at radius 1 is 1.08 bits per heavy atom. The second-order valence-electron chi connectivity index (χ2n) is 5.05. The normalized spacial score (nSPS) is 10.9. The molecule has 2 aromatic rings. The Kier molecular flexibility index (Phi) is 7.05. The van der Waals surface area contributed by atoms with E-state index in [1.165, 1.54) is 7.11 Å². The molecule has 0 aliphatic heterocycles. The van der Waals surface area contributed by atoms with Crippen molar-refractivity contribution < 1.29 is 14.3 Å². The van der Waals surface area contributed by atoms with Gasteiger partial charge in [-0.3, -0.25) is 5.43 Å². The van der Waals surface area contributed by atoms with Crippen molar-refractivity contribution >= 4 is 46.6 Å². The predicted molar refractivity (Wildman–Crippen MR) is 100 cm³/mol. The highest BCUT2D eigenvalue weighted by molar-refractivity contribution is 6.67. The molecule has 134 valence electrons. The summed E-state index contributed by atoms with van der Waals surface area (Å²) in [6, 6.07) is 16.3. The third-order valence-electron chi connectivity index (χ3n) is 3.13. The molecule has 1 amide bonds. The first-order chi connectivity index (χ1) is 11.9. The third kappa shape index (κ3) is 6.53. The predicted octanol–water partition coefficient (Wildman–Crippen LogP) is 5.03. The summed E-state index contributed by atoms with van der Waals surface area (Å²) in [6.07, 6.45) is -0.680. The van der Waals surface area contributed by atoms with Crippen molar-refractivity contribution in [1.29, 1.82) is 0 Å². The zero-order valence-corrected chi connectivity index (χ0v) is 15.7. The molecule has 0 bridgehead atoms. The maximum absolute atomic E-state index is 12.4. The summed E-state index contributed by atoms with van der Waals surface area (Å²) in [5.74, 6) is 0.535. The summed E-state index contributed by atoms with van der Waals surface area (Å²) in [6.45, 7) is -0.118. The number of nitrogens with zero attached hydrogens (tertiary/aromatic N) is 1. The minimum atomic E-state index is -1.68. The number of rotatable bonds is 6. The molecule has 0 heterocycles. The summed E-state index contributed by atoms with van der Waals surface area (Å²) >= 11 is 17.5. The average Bonchev–Trinajstić information content (AvgIpc) is 2.59. The first-order valence-corrected chi connectivity index (χ1v) is 8.47. The van der Waals surface area contributed by atoms with Crippen LogP contribution < -0.4 is 10.2 Å². The van der Waals surface area contributed by atoms with Crippen LogP contribution >= 0.6 is 34.8 Å². The molecule has 8 heteroatoms. The van der Waals surface area contributed by atoms with Crippen molar-refractivity contribution in [3.05, 3.63) is 60.2 Å². The van der Waals surface area contributed by atoms with E-state index in [2.05, 4.69) is 5.43 Å². The summed E-state index contributed by atoms with van der Waals surface area (Å²) in [5.41, 5.74) is 4.26. The van der Waals surface area contributed by atoms with E-state index in [0.29, 0.717) is 11.4 Å². The molecule has 0 aromatic heterocycles. The lowest BCUT2D eigenvalue weighted by molar-refractivity contribution is 0.105. The zero-order valence-electron chi connectivity index (χ0n) is 13.4. The molecular weight excluding hydrogens is 387 g/mol. The van der Waals surface area contributed by atoms with E-state index in [9.17, 15) is 4.79 Å². The van der Waals surface area contributed by atoms with Gasteiger partial charge in [-0.1, -0.05) is 77.3 Å². The molecule has 2 rings (SSSR count). The summed E-state index contributed by atoms with van der Waals surface area (Å²) in [4.78, 5) is 12.4. The van der Waals surface area contributed by atoms with Crippen LogP contribution in [0, 0.1) is 0 Å². The number of anilines is 1. The minimum Gasteiger partial charge on any atom is -0.495 e.